The number of nitrogens with two attached hydrogens (primary N) is 1. The van der Waals surface area contributed by atoms with Crippen molar-refractivity contribution in [3.8, 4) is 0 Å². The zero-order chi connectivity index (χ0) is 14.6. The molecule has 0 aliphatic heterocycles. The molecular weight excluding hydrogens is 244 g/mol. The van der Waals surface area contributed by atoms with Gasteiger partial charge in [0.1, 0.15) is 0 Å². The summed E-state index contributed by atoms with van der Waals surface area (Å²) in [5, 5.41) is 0. The summed E-state index contributed by atoms with van der Waals surface area (Å²) in [7, 11) is 2.23. The Morgan fingerprint density at radius 3 is 2.50 bits per heavy atom. The summed E-state index contributed by atoms with van der Waals surface area (Å²) in [6, 6.07) is 9.00. The average molecular weight is 274 g/mol. The quantitative estimate of drug-likeness (QED) is 0.841. The van der Waals surface area contributed by atoms with Crippen molar-refractivity contribution >= 4 is 5.69 Å². The van der Waals surface area contributed by atoms with Crippen molar-refractivity contribution in [1.82, 2.24) is 0 Å². The van der Waals surface area contributed by atoms with Crippen molar-refractivity contribution in [3.05, 3.63) is 29.8 Å². The molecule has 2 rings (SSSR count). The van der Waals surface area contributed by atoms with Crippen molar-refractivity contribution in [3.63, 3.8) is 0 Å². The highest BCUT2D eigenvalue weighted by molar-refractivity contribution is 5.49. The average Bonchev–Trinajstić information content (AvgIpc) is 2.69. The summed E-state index contributed by atoms with van der Waals surface area (Å²) in [4.78, 5) is 2.45. The lowest BCUT2D eigenvalue weighted by atomic mass is 9.87. The van der Waals surface area contributed by atoms with Gasteiger partial charge in [0.05, 0.1) is 5.54 Å². The van der Waals surface area contributed by atoms with Gasteiger partial charge in [-0.3, -0.25) is 0 Å². The van der Waals surface area contributed by atoms with Crippen LogP contribution in [-0.4, -0.2) is 19.1 Å². The van der Waals surface area contributed by atoms with Gasteiger partial charge in [0.15, 0.2) is 0 Å². The molecule has 0 heterocycles. The molecule has 1 fully saturated rings. The maximum Gasteiger partial charge on any atom is 0.0521 e. The molecule has 1 aromatic carbocycles. The second kappa shape index (κ2) is 6.62. The summed E-state index contributed by atoms with van der Waals surface area (Å²) < 4.78 is 0. The third-order valence-electron chi connectivity index (χ3n) is 5.26. The predicted molar refractivity (Wildman–Crippen MR) is 88.3 cm³/mol. The first-order chi connectivity index (χ1) is 9.61. The fourth-order valence-corrected chi connectivity index (χ4v) is 3.47. The van der Waals surface area contributed by atoms with E-state index in [9.17, 15) is 0 Å². The van der Waals surface area contributed by atoms with Crippen molar-refractivity contribution < 1.29 is 0 Å². The molecule has 0 bridgehead atoms. The van der Waals surface area contributed by atoms with E-state index in [1.165, 1.54) is 43.4 Å². The Kier molecular flexibility index (Phi) is 5.09. The van der Waals surface area contributed by atoms with Gasteiger partial charge in [-0.25, -0.2) is 0 Å². The number of likely N-dealkylation sites (N-methyl/N-ethyl adjacent to an activating group) is 1. The maximum absolute atomic E-state index is 6.21. The Bertz CT molecular complexity index is 412. The monoisotopic (exact) mass is 274 g/mol. The van der Waals surface area contributed by atoms with Crippen molar-refractivity contribution in [1.29, 1.82) is 0 Å². The molecule has 0 spiro atoms. The normalized spacial score (nSPS) is 27.1. The smallest absolute Gasteiger partial charge is 0.0521 e. The summed E-state index contributed by atoms with van der Waals surface area (Å²) in [5.74, 6) is 0.847. The maximum atomic E-state index is 6.21. The van der Waals surface area contributed by atoms with Gasteiger partial charge in [-0.2, -0.15) is 0 Å². The minimum Gasteiger partial charge on any atom is -0.368 e. The third kappa shape index (κ3) is 3.17. The molecule has 1 aliphatic rings. The summed E-state index contributed by atoms with van der Waals surface area (Å²) in [6.45, 7) is 5.33. The third-order valence-corrected chi connectivity index (χ3v) is 5.26. The Labute approximate surface area is 124 Å². The number of anilines is 1. The largest absolute Gasteiger partial charge is 0.368 e. The number of aryl methyl sites for hydroxylation is 1. The Hall–Kier alpha value is -1.02. The van der Waals surface area contributed by atoms with Crippen LogP contribution in [0.1, 0.15) is 51.5 Å². The van der Waals surface area contributed by atoms with Crippen LogP contribution in [0.15, 0.2) is 24.3 Å². The second-order valence-electron chi connectivity index (χ2n) is 6.54. The molecule has 0 saturated heterocycles. The molecular formula is C18H30N2. The molecule has 2 atom stereocenters. The van der Waals surface area contributed by atoms with E-state index in [2.05, 4.69) is 50.1 Å². The van der Waals surface area contributed by atoms with E-state index in [1.54, 1.807) is 0 Å². The molecule has 1 aromatic rings. The highest BCUT2D eigenvalue weighted by Crippen LogP contribution is 2.36. The van der Waals surface area contributed by atoms with Crippen LogP contribution in [0, 0.1) is 5.92 Å². The lowest BCUT2D eigenvalue weighted by Crippen LogP contribution is -2.52. The van der Waals surface area contributed by atoms with Crippen LogP contribution in [0.25, 0.3) is 0 Å². The van der Waals surface area contributed by atoms with Crippen LogP contribution >= 0.6 is 0 Å². The van der Waals surface area contributed by atoms with E-state index in [-0.39, 0.29) is 5.54 Å². The number of hydrogen-bond acceptors (Lipinski definition) is 2. The van der Waals surface area contributed by atoms with Gasteiger partial charge in [-0.05, 0) is 49.3 Å². The van der Waals surface area contributed by atoms with E-state index in [4.69, 9.17) is 5.73 Å². The van der Waals surface area contributed by atoms with Gasteiger partial charge in [-0.15, -0.1) is 0 Å². The molecule has 0 radical (unpaired) electrons. The number of nitrogens with zero attached hydrogens (tertiary/aromatic N) is 1. The molecule has 1 saturated carbocycles. The fraction of sp³-hybridized carbons (Fsp3) is 0.667. The first-order valence-corrected chi connectivity index (χ1v) is 8.14. The zero-order valence-corrected chi connectivity index (χ0v) is 13.4. The predicted octanol–water partition coefficient (Wildman–Crippen LogP) is 3.98. The Morgan fingerprint density at radius 2 is 1.90 bits per heavy atom. The highest BCUT2D eigenvalue weighted by atomic mass is 15.2. The van der Waals surface area contributed by atoms with Gasteiger partial charge in [-0.1, -0.05) is 38.8 Å². The lowest BCUT2D eigenvalue weighted by Gasteiger charge is -2.42. The molecule has 112 valence electrons. The summed E-state index contributed by atoms with van der Waals surface area (Å²) in [6.07, 6.45) is 7.49. The minimum absolute atomic E-state index is 0.151. The zero-order valence-electron chi connectivity index (χ0n) is 13.4. The van der Waals surface area contributed by atoms with Gasteiger partial charge in [0, 0.05) is 19.3 Å². The van der Waals surface area contributed by atoms with E-state index in [0.29, 0.717) is 0 Å². The van der Waals surface area contributed by atoms with Crippen LogP contribution < -0.4 is 10.6 Å². The van der Waals surface area contributed by atoms with Crippen molar-refractivity contribution in [2.75, 3.05) is 18.5 Å². The molecule has 2 unspecified atom stereocenters. The number of hydrogen-bond donors (Lipinski definition) is 1. The topological polar surface area (TPSA) is 29.3 Å². The minimum atomic E-state index is 0.151. The molecule has 2 nitrogen and oxygen atoms in total. The summed E-state index contributed by atoms with van der Waals surface area (Å²) >= 11 is 0. The molecule has 2 N–H and O–H groups in total. The Morgan fingerprint density at radius 1 is 1.20 bits per heavy atom. The van der Waals surface area contributed by atoms with Crippen LogP contribution in [0.4, 0.5) is 5.69 Å². The van der Waals surface area contributed by atoms with Crippen LogP contribution in [-0.2, 0) is 6.42 Å². The van der Waals surface area contributed by atoms with E-state index in [1.807, 2.05) is 0 Å². The van der Waals surface area contributed by atoms with Gasteiger partial charge < -0.3 is 10.6 Å². The van der Waals surface area contributed by atoms with Crippen LogP contribution in [0.2, 0.25) is 0 Å². The number of rotatable bonds is 4. The molecule has 0 aromatic heterocycles. The van der Waals surface area contributed by atoms with E-state index < -0.39 is 0 Å². The fourth-order valence-electron chi connectivity index (χ4n) is 3.47. The van der Waals surface area contributed by atoms with Gasteiger partial charge in [0.25, 0.3) is 0 Å². The SMILES string of the molecule is CCc1ccc(N(C)C2(CN)CCCC(C)CC2)cc1. The number of benzene rings is 1. The molecule has 1 aliphatic carbocycles. The van der Waals surface area contributed by atoms with Crippen molar-refractivity contribution in [2.45, 2.75) is 57.9 Å². The van der Waals surface area contributed by atoms with E-state index in [0.717, 1.165) is 18.9 Å². The standard InChI is InChI=1S/C18H30N2/c1-4-16-7-9-17(10-8-16)20(3)18(14-19)12-5-6-15(2)11-13-18/h7-10,15H,4-6,11-14,19H2,1-3H3. The van der Waals surface area contributed by atoms with E-state index >= 15 is 0 Å². The molecule has 20 heavy (non-hydrogen) atoms. The Balaban J connectivity index is 2.20. The van der Waals surface area contributed by atoms with Gasteiger partial charge >= 0.3 is 0 Å². The van der Waals surface area contributed by atoms with Gasteiger partial charge in [0.2, 0.25) is 0 Å². The van der Waals surface area contributed by atoms with Crippen LogP contribution in [0.3, 0.4) is 0 Å². The van der Waals surface area contributed by atoms with Crippen molar-refractivity contribution in [2.24, 2.45) is 11.7 Å². The first kappa shape index (κ1) is 15.4. The summed E-state index contributed by atoms with van der Waals surface area (Å²) in [5.41, 5.74) is 9.07. The highest BCUT2D eigenvalue weighted by Gasteiger charge is 2.35. The molecule has 2 heteroatoms. The second-order valence-corrected chi connectivity index (χ2v) is 6.54. The first-order valence-electron chi connectivity index (χ1n) is 8.14. The lowest BCUT2D eigenvalue weighted by molar-refractivity contribution is 0.357. The molecule has 0 amide bonds. The van der Waals surface area contributed by atoms with Crippen LogP contribution in [0.5, 0.6) is 0 Å².